The van der Waals surface area contributed by atoms with Gasteiger partial charge in [0.05, 0.1) is 10.9 Å². The van der Waals surface area contributed by atoms with Gasteiger partial charge in [-0.05, 0) is 32.8 Å². The smallest absolute Gasteiger partial charge is 0.375 e. The topological polar surface area (TPSA) is 50.1 Å². The van der Waals surface area contributed by atoms with E-state index in [-0.39, 0.29) is 17.1 Å². The summed E-state index contributed by atoms with van der Waals surface area (Å²) in [5.74, 6) is -2.30. The average Bonchev–Trinajstić information content (AvgIpc) is 3.12. The minimum absolute atomic E-state index is 0.0763. The minimum atomic E-state index is -4.98. The summed E-state index contributed by atoms with van der Waals surface area (Å²) in [6.45, 7) is 8.66. The molecule has 11 heteroatoms. The molecule has 34 heavy (non-hydrogen) atoms. The minimum Gasteiger partial charge on any atom is -0.375 e. The van der Waals surface area contributed by atoms with Gasteiger partial charge in [-0.25, -0.2) is 18.4 Å². The maximum atomic E-state index is 14.9. The van der Waals surface area contributed by atoms with Gasteiger partial charge in [-0.1, -0.05) is 6.58 Å². The SMILES string of the molecule is C=C(C)N1CCC(N(C)c2ncc3c(-c4cc(C(F)(F)F)c(F)c(C)c4F)nn(C)c3n2)CC1. The largest absolute Gasteiger partial charge is 0.419 e. The molecular formula is C23H25F5N6. The molecule has 0 radical (unpaired) electrons. The van der Waals surface area contributed by atoms with Gasteiger partial charge in [-0.2, -0.15) is 23.3 Å². The molecule has 0 amide bonds. The zero-order valence-corrected chi connectivity index (χ0v) is 19.3. The Morgan fingerprint density at radius 1 is 1.18 bits per heavy atom. The molecule has 0 saturated carbocycles. The predicted molar refractivity (Wildman–Crippen MR) is 119 cm³/mol. The molecule has 1 aromatic carbocycles. The molecule has 0 bridgehead atoms. The van der Waals surface area contributed by atoms with Crippen LogP contribution in [0.25, 0.3) is 22.3 Å². The summed E-state index contributed by atoms with van der Waals surface area (Å²) in [7, 11) is 3.45. The quantitative estimate of drug-likeness (QED) is 0.488. The Morgan fingerprint density at radius 3 is 2.41 bits per heavy atom. The summed E-state index contributed by atoms with van der Waals surface area (Å²) in [5, 5.41) is 4.48. The Labute approximate surface area is 193 Å². The Morgan fingerprint density at radius 2 is 1.82 bits per heavy atom. The van der Waals surface area contributed by atoms with Crippen molar-refractivity contribution >= 4 is 17.0 Å². The van der Waals surface area contributed by atoms with Crippen molar-refractivity contribution in [2.75, 3.05) is 25.0 Å². The number of alkyl halides is 3. The van der Waals surface area contributed by atoms with E-state index in [9.17, 15) is 22.0 Å². The number of aryl methyl sites for hydroxylation is 1. The van der Waals surface area contributed by atoms with Gasteiger partial charge in [0.15, 0.2) is 5.65 Å². The highest BCUT2D eigenvalue weighted by Gasteiger charge is 2.37. The molecule has 0 N–H and O–H groups in total. The molecule has 182 valence electrons. The third-order valence-electron chi connectivity index (χ3n) is 6.42. The highest BCUT2D eigenvalue weighted by atomic mass is 19.4. The number of hydrogen-bond donors (Lipinski definition) is 0. The van der Waals surface area contributed by atoms with E-state index in [1.807, 2.05) is 18.9 Å². The number of piperidine rings is 1. The fourth-order valence-electron chi connectivity index (χ4n) is 4.35. The van der Waals surface area contributed by atoms with Crippen molar-refractivity contribution in [1.82, 2.24) is 24.6 Å². The van der Waals surface area contributed by atoms with E-state index in [4.69, 9.17) is 0 Å². The maximum Gasteiger partial charge on any atom is 0.419 e. The molecule has 0 spiro atoms. The normalized spacial score (nSPS) is 15.3. The van der Waals surface area contributed by atoms with Crippen LogP contribution in [0.15, 0.2) is 24.5 Å². The first-order valence-corrected chi connectivity index (χ1v) is 10.8. The van der Waals surface area contributed by atoms with Crippen LogP contribution in [0.3, 0.4) is 0 Å². The van der Waals surface area contributed by atoms with Crippen LogP contribution in [0.5, 0.6) is 0 Å². The summed E-state index contributed by atoms with van der Waals surface area (Å²) in [5.41, 5.74) is -1.43. The first-order valence-electron chi connectivity index (χ1n) is 10.8. The molecule has 6 nitrogen and oxygen atoms in total. The van der Waals surface area contributed by atoms with E-state index in [0.29, 0.717) is 17.7 Å². The van der Waals surface area contributed by atoms with E-state index in [1.165, 1.54) is 10.9 Å². The van der Waals surface area contributed by atoms with Crippen molar-refractivity contribution in [2.45, 2.75) is 38.9 Å². The van der Waals surface area contributed by atoms with Gasteiger partial charge >= 0.3 is 6.18 Å². The zero-order valence-electron chi connectivity index (χ0n) is 19.3. The zero-order chi connectivity index (χ0) is 24.9. The van der Waals surface area contributed by atoms with E-state index in [1.54, 1.807) is 7.05 Å². The number of fused-ring (bicyclic) bond motifs is 1. The predicted octanol–water partition coefficient (Wildman–Crippen LogP) is 5.07. The molecule has 3 heterocycles. The van der Waals surface area contributed by atoms with Gasteiger partial charge in [0, 0.05) is 56.2 Å². The molecule has 0 atom stereocenters. The van der Waals surface area contributed by atoms with Gasteiger partial charge < -0.3 is 9.80 Å². The highest BCUT2D eigenvalue weighted by molar-refractivity contribution is 5.91. The second-order valence-corrected chi connectivity index (χ2v) is 8.67. The van der Waals surface area contributed by atoms with Crippen molar-refractivity contribution in [1.29, 1.82) is 0 Å². The van der Waals surface area contributed by atoms with Crippen molar-refractivity contribution in [2.24, 2.45) is 7.05 Å². The number of aromatic nitrogens is 4. The number of nitrogens with zero attached hydrogens (tertiary/aromatic N) is 6. The van der Waals surface area contributed by atoms with Crippen LogP contribution in [-0.4, -0.2) is 50.8 Å². The summed E-state index contributed by atoms with van der Waals surface area (Å²) in [6.07, 6.45) is -1.78. The van der Waals surface area contributed by atoms with Gasteiger partial charge in [-0.15, -0.1) is 0 Å². The number of benzene rings is 1. The maximum absolute atomic E-state index is 14.9. The lowest BCUT2D eigenvalue weighted by Gasteiger charge is -2.37. The molecular weight excluding hydrogens is 455 g/mol. The van der Waals surface area contributed by atoms with Crippen LogP contribution < -0.4 is 4.90 Å². The van der Waals surface area contributed by atoms with Crippen molar-refractivity contribution in [3.05, 3.63) is 47.3 Å². The third-order valence-corrected chi connectivity index (χ3v) is 6.42. The van der Waals surface area contributed by atoms with Crippen LogP contribution in [0.2, 0.25) is 0 Å². The summed E-state index contributed by atoms with van der Waals surface area (Å²) in [4.78, 5) is 13.1. The Balaban J connectivity index is 1.72. The van der Waals surface area contributed by atoms with Gasteiger partial charge in [0.25, 0.3) is 0 Å². The van der Waals surface area contributed by atoms with Gasteiger partial charge in [0.2, 0.25) is 5.95 Å². The van der Waals surface area contributed by atoms with E-state index in [0.717, 1.165) is 38.6 Å². The number of allylic oxidation sites excluding steroid dienone is 1. The summed E-state index contributed by atoms with van der Waals surface area (Å²) < 4.78 is 70.4. The second-order valence-electron chi connectivity index (χ2n) is 8.67. The Kier molecular flexibility index (Phi) is 5.99. The molecule has 1 fully saturated rings. The summed E-state index contributed by atoms with van der Waals surface area (Å²) in [6, 6.07) is 0.654. The monoisotopic (exact) mass is 480 g/mol. The molecule has 1 aliphatic heterocycles. The van der Waals surface area contributed by atoms with E-state index >= 15 is 0 Å². The van der Waals surface area contributed by atoms with Crippen LogP contribution >= 0.6 is 0 Å². The lowest BCUT2D eigenvalue weighted by atomic mass is 10.0. The first kappa shape index (κ1) is 23.9. The fraction of sp³-hybridized carbons (Fsp3) is 0.435. The highest BCUT2D eigenvalue weighted by Crippen LogP contribution is 2.39. The lowest BCUT2D eigenvalue weighted by molar-refractivity contribution is -0.140. The van der Waals surface area contributed by atoms with E-state index < -0.39 is 34.5 Å². The number of hydrogen-bond acceptors (Lipinski definition) is 5. The molecule has 3 aromatic rings. The van der Waals surface area contributed by atoms with Crippen LogP contribution in [0.4, 0.5) is 27.9 Å². The Bertz CT molecular complexity index is 1260. The van der Waals surface area contributed by atoms with Crippen molar-refractivity contribution < 1.29 is 22.0 Å². The average molecular weight is 480 g/mol. The fourth-order valence-corrected chi connectivity index (χ4v) is 4.35. The Hall–Kier alpha value is -3.24. The third kappa shape index (κ3) is 4.07. The number of likely N-dealkylation sites (tertiary alicyclic amines) is 1. The second kappa shape index (κ2) is 8.52. The first-order chi connectivity index (χ1) is 15.9. The molecule has 1 aliphatic rings. The standard InChI is InChI=1S/C23H25F5N6/c1-12(2)34-8-6-14(7-9-34)32(4)22-29-11-16-20(31-33(5)21(16)30-22)15-10-17(23(26,27)28)19(25)13(3)18(15)24/h10-11,14H,1,6-9H2,2-5H3. The van der Waals surface area contributed by atoms with E-state index in [2.05, 4.69) is 26.5 Å². The van der Waals surface area contributed by atoms with Crippen LogP contribution in [0.1, 0.15) is 30.9 Å². The van der Waals surface area contributed by atoms with Gasteiger partial charge in [-0.3, -0.25) is 0 Å². The molecule has 4 rings (SSSR count). The number of anilines is 1. The van der Waals surface area contributed by atoms with Crippen molar-refractivity contribution in [3.8, 4) is 11.3 Å². The number of halogens is 5. The molecule has 0 unspecified atom stereocenters. The molecule has 2 aromatic heterocycles. The summed E-state index contributed by atoms with van der Waals surface area (Å²) >= 11 is 0. The molecule has 1 saturated heterocycles. The number of rotatable bonds is 4. The van der Waals surface area contributed by atoms with Crippen LogP contribution in [0, 0.1) is 18.6 Å². The van der Waals surface area contributed by atoms with Gasteiger partial charge in [0.1, 0.15) is 17.3 Å². The molecule has 0 aliphatic carbocycles. The van der Waals surface area contributed by atoms with Crippen molar-refractivity contribution in [3.63, 3.8) is 0 Å². The lowest BCUT2D eigenvalue weighted by Crippen LogP contribution is -2.43. The van der Waals surface area contributed by atoms with Crippen LogP contribution in [-0.2, 0) is 13.2 Å².